The summed E-state index contributed by atoms with van der Waals surface area (Å²) in [7, 11) is 0. The van der Waals surface area contributed by atoms with Gasteiger partial charge < -0.3 is 0 Å². The van der Waals surface area contributed by atoms with E-state index < -0.39 is 0 Å². The molecule has 0 unspecified atom stereocenters. The quantitative estimate of drug-likeness (QED) is 0.593. The highest BCUT2D eigenvalue weighted by atomic mass is 14.8. The standard InChI is InChI=1S/C14H20N2/c1-13(2,3)10-8-12(14(4,5)6)16-9-11(10)15-7/h8-9H,1-6H3. The van der Waals surface area contributed by atoms with Crippen LogP contribution in [0.25, 0.3) is 4.85 Å². The van der Waals surface area contributed by atoms with Crippen LogP contribution in [-0.2, 0) is 10.8 Å². The summed E-state index contributed by atoms with van der Waals surface area (Å²) in [6, 6.07) is 2.08. The van der Waals surface area contributed by atoms with Crippen molar-refractivity contribution < 1.29 is 0 Å². The van der Waals surface area contributed by atoms with Gasteiger partial charge in [-0.15, -0.1) is 0 Å². The third kappa shape index (κ3) is 2.61. The fourth-order valence-electron chi connectivity index (χ4n) is 1.55. The van der Waals surface area contributed by atoms with Gasteiger partial charge in [0.15, 0.2) is 0 Å². The molecule has 0 aliphatic carbocycles. The van der Waals surface area contributed by atoms with Gasteiger partial charge >= 0.3 is 0 Å². The van der Waals surface area contributed by atoms with Crippen molar-refractivity contribution in [3.63, 3.8) is 0 Å². The number of pyridine rings is 1. The normalized spacial score (nSPS) is 12.3. The Balaban J connectivity index is 3.41. The zero-order chi connectivity index (χ0) is 12.6. The van der Waals surface area contributed by atoms with E-state index in [4.69, 9.17) is 6.57 Å². The Morgan fingerprint density at radius 2 is 1.62 bits per heavy atom. The Bertz CT molecular complexity index is 426. The first-order chi connectivity index (χ1) is 7.16. The van der Waals surface area contributed by atoms with Crippen LogP contribution in [0, 0.1) is 6.57 Å². The molecule has 0 fully saturated rings. The van der Waals surface area contributed by atoms with Crippen molar-refractivity contribution in [2.24, 2.45) is 0 Å². The fraction of sp³-hybridized carbons (Fsp3) is 0.571. The van der Waals surface area contributed by atoms with Crippen LogP contribution < -0.4 is 0 Å². The molecule has 1 aromatic heterocycles. The lowest BCUT2D eigenvalue weighted by molar-refractivity contribution is 0.554. The molecule has 0 radical (unpaired) electrons. The van der Waals surface area contributed by atoms with Gasteiger partial charge in [0.05, 0.1) is 6.57 Å². The molecule has 0 atom stereocenters. The van der Waals surface area contributed by atoms with Crippen molar-refractivity contribution in [1.29, 1.82) is 0 Å². The molecular weight excluding hydrogens is 196 g/mol. The van der Waals surface area contributed by atoms with Gasteiger partial charge in [-0.25, -0.2) is 4.85 Å². The molecule has 1 heterocycles. The molecule has 1 rings (SSSR count). The first-order valence-electron chi connectivity index (χ1n) is 5.55. The van der Waals surface area contributed by atoms with Crippen LogP contribution in [0.15, 0.2) is 12.3 Å². The minimum Gasteiger partial charge on any atom is -0.272 e. The summed E-state index contributed by atoms with van der Waals surface area (Å²) in [6.07, 6.45) is 1.70. The molecule has 0 bridgehead atoms. The SMILES string of the molecule is [C-]#[N+]c1cnc(C(C)(C)C)cc1C(C)(C)C. The van der Waals surface area contributed by atoms with Gasteiger partial charge in [-0.3, -0.25) is 4.98 Å². The molecule has 1 aromatic rings. The Hall–Kier alpha value is -1.36. The first kappa shape index (κ1) is 12.7. The van der Waals surface area contributed by atoms with E-state index in [1.807, 2.05) is 0 Å². The third-order valence-electron chi connectivity index (χ3n) is 2.58. The van der Waals surface area contributed by atoms with Gasteiger partial charge in [-0.2, -0.15) is 0 Å². The smallest absolute Gasteiger partial charge is 0.208 e. The van der Waals surface area contributed by atoms with Crippen LogP contribution in [0.1, 0.15) is 52.8 Å². The van der Waals surface area contributed by atoms with Crippen molar-refractivity contribution >= 4 is 5.69 Å². The summed E-state index contributed by atoms with van der Waals surface area (Å²) in [4.78, 5) is 7.93. The molecule has 0 spiro atoms. The summed E-state index contributed by atoms with van der Waals surface area (Å²) in [5.74, 6) is 0. The first-order valence-corrected chi connectivity index (χ1v) is 5.55. The van der Waals surface area contributed by atoms with E-state index >= 15 is 0 Å². The molecule has 0 aliphatic rings. The summed E-state index contributed by atoms with van der Waals surface area (Å²) < 4.78 is 0. The average molecular weight is 216 g/mol. The number of nitrogens with zero attached hydrogens (tertiary/aromatic N) is 2. The maximum absolute atomic E-state index is 7.18. The topological polar surface area (TPSA) is 17.2 Å². The predicted octanol–water partition coefficient (Wildman–Crippen LogP) is 4.23. The van der Waals surface area contributed by atoms with Crippen LogP contribution in [0.3, 0.4) is 0 Å². The highest BCUT2D eigenvalue weighted by Crippen LogP contribution is 2.33. The van der Waals surface area contributed by atoms with E-state index in [-0.39, 0.29) is 10.8 Å². The van der Waals surface area contributed by atoms with Crippen molar-refractivity contribution in [3.05, 3.63) is 34.9 Å². The van der Waals surface area contributed by atoms with Crippen LogP contribution in [0.4, 0.5) is 5.69 Å². The van der Waals surface area contributed by atoms with Crippen molar-refractivity contribution in [2.75, 3.05) is 0 Å². The zero-order valence-electron chi connectivity index (χ0n) is 11.0. The van der Waals surface area contributed by atoms with E-state index in [1.54, 1.807) is 6.20 Å². The molecule has 16 heavy (non-hydrogen) atoms. The van der Waals surface area contributed by atoms with E-state index in [0.717, 1.165) is 11.3 Å². The van der Waals surface area contributed by atoms with E-state index in [1.165, 1.54) is 0 Å². The minimum atomic E-state index is -0.0111. The van der Waals surface area contributed by atoms with Gasteiger partial charge in [-0.05, 0) is 17.0 Å². The number of rotatable bonds is 0. The minimum absolute atomic E-state index is 0.0111. The molecule has 0 N–H and O–H groups in total. The predicted molar refractivity (Wildman–Crippen MR) is 67.9 cm³/mol. The second-order valence-electron chi connectivity index (χ2n) is 6.20. The van der Waals surface area contributed by atoms with Crippen LogP contribution in [0.2, 0.25) is 0 Å². The van der Waals surface area contributed by atoms with Gasteiger partial charge in [0.2, 0.25) is 5.69 Å². The molecule has 0 amide bonds. The average Bonchev–Trinajstić information content (AvgIpc) is 2.14. The van der Waals surface area contributed by atoms with Crippen molar-refractivity contribution in [1.82, 2.24) is 4.98 Å². The molecule has 2 heteroatoms. The number of hydrogen-bond acceptors (Lipinski definition) is 1. The molecule has 86 valence electrons. The molecule has 0 saturated carbocycles. The summed E-state index contributed by atoms with van der Waals surface area (Å²) in [6.45, 7) is 20.0. The molecule has 0 aromatic carbocycles. The molecule has 0 aliphatic heterocycles. The van der Waals surface area contributed by atoms with E-state index in [2.05, 4.69) is 57.4 Å². The van der Waals surface area contributed by atoms with Gasteiger partial charge in [-0.1, -0.05) is 41.5 Å². The van der Waals surface area contributed by atoms with Crippen LogP contribution >= 0.6 is 0 Å². The van der Waals surface area contributed by atoms with E-state index in [0.29, 0.717) is 5.69 Å². The largest absolute Gasteiger partial charge is 0.272 e. The monoisotopic (exact) mass is 216 g/mol. The Kier molecular flexibility index (Phi) is 3.10. The van der Waals surface area contributed by atoms with Crippen molar-refractivity contribution in [3.8, 4) is 0 Å². The summed E-state index contributed by atoms with van der Waals surface area (Å²) in [5, 5.41) is 0. The Morgan fingerprint density at radius 1 is 1.06 bits per heavy atom. The highest BCUT2D eigenvalue weighted by molar-refractivity contribution is 5.54. The maximum Gasteiger partial charge on any atom is 0.208 e. The molecule has 2 nitrogen and oxygen atoms in total. The lowest BCUT2D eigenvalue weighted by Gasteiger charge is -2.25. The highest BCUT2D eigenvalue weighted by Gasteiger charge is 2.22. The zero-order valence-corrected chi connectivity index (χ0v) is 11.0. The second kappa shape index (κ2) is 3.90. The maximum atomic E-state index is 7.18. The number of aromatic nitrogens is 1. The molecule has 0 saturated heterocycles. The fourth-order valence-corrected chi connectivity index (χ4v) is 1.55. The summed E-state index contributed by atoms with van der Waals surface area (Å²) in [5.41, 5.74) is 2.82. The van der Waals surface area contributed by atoms with Crippen molar-refractivity contribution in [2.45, 2.75) is 52.4 Å². The summed E-state index contributed by atoms with van der Waals surface area (Å²) >= 11 is 0. The lowest BCUT2D eigenvalue weighted by atomic mass is 9.83. The van der Waals surface area contributed by atoms with Gasteiger partial charge in [0.1, 0.15) is 0 Å². The van der Waals surface area contributed by atoms with Gasteiger partial charge in [0, 0.05) is 17.3 Å². The number of hydrogen-bond donors (Lipinski definition) is 0. The second-order valence-corrected chi connectivity index (χ2v) is 6.20. The Morgan fingerprint density at radius 3 is 2.00 bits per heavy atom. The molecular formula is C14H20N2. The van der Waals surface area contributed by atoms with Crippen LogP contribution in [0.5, 0.6) is 0 Å². The van der Waals surface area contributed by atoms with E-state index in [9.17, 15) is 0 Å². The third-order valence-corrected chi connectivity index (χ3v) is 2.58. The lowest BCUT2D eigenvalue weighted by Crippen LogP contribution is -2.17. The Labute approximate surface area is 98.5 Å². The van der Waals surface area contributed by atoms with Crippen LogP contribution in [-0.4, -0.2) is 4.98 Å². The van der Waals surface area contributed by atoms with Gasteiger partial charge in [0.25, 0.3) is 0 Å².